The van der Waals surface area contributed by atoms with E-state index in [0.29, 0.717) is 0 Å². The van der Waals surface area contributed by atoms with Crippen molar-refractivity contribution < 1.29 is 9.59 Å². The topological polar surface area (TPSA) is 72.0 Å². The highest BCUT2D eigenvalue weighted by Crippen LogP contribution is 2.21. The van der Waals surface area contributed by atoms with Crippen molar-refractivity contribution in [1.82, 2.24) is 15.5 Å². The highest BCUT2D eigenvalue weighted by atomic mass is 32.2. The number of rotatable bonds is 6. The molecule has 1 aromatic rings. The van der Waals surface area contributed by atoms with Crippen LogP contribution in [0, 0.1) is 12.8 Å². The molecule has 18 heavy (non-hydrogen) atoms. The van der Waals surface area contributed by atoms with Crippen LogP contribution in [-0.2, 0) is 9.59 Å². The highest BCUT2D eigenvalue weighted by Gasteiger charge is 2.20. The first-order valence-electron chi connectivity index (χ1n) is 5.63. The van der Waals surface area contributed by atoms with Crippen LogP contribution >= 0.6 is 23.1 Å². The number of hydrogen-bond donors (Lipinski definition) is 1. The molecule has 0 aliphatic heterocycles. The lowest BCUT2D eigenvalue weighted by molar-refractivity contribution is -0.126. The van der Waals surface area contributed by atoms with E-state index in [2.05, 4.69) is 15.5 Å². The SMILES string of the molecule is CC(=O)C(NC(=O)CSc1nnc(C)s1)C(C)C. The minimum atomic E-state index is -0.408. The predicted molar refractivity (Wildman–Crippen MR) is 72.8 cm³/mol. The van der Waals surface area contributed by atoms with E-state index in [0.717, 1.165) is 9.35 Å². The summed E-state index contributed by atoms with van der Waals surface area (Å²) in [7, 11) is 0. The van der Waals surface area contributed by atoms with Gasteiger partial charge in [-0.2, -0.15) is 0 Å². The quantitative estimate of drug-likeness (QED) is 0.806. The number of aryl methyl sites for hydroxylation is 1. The summed E-state index contributed by atoms with van der Waals surface area (Å²) < 4.78 is 0.770. The Balaban J connectivity index is 2.43. The Morgan fingerprint density at radius 2 is 2.06 bits per heavy atom. The van der Waals surface area contributed by atoms with Crippen LogP contribution in [-0.4, -0.2) is 33.7 Å². The van der Waals surface area contributed by atoms with Gasteiger partial charge in [0.15, 0.2) is 10.1 Å². The molecule has 0 fully saturated rings. The van der Waals surface area contributed by atoms with Crippen LogP contribution in [0.3, 0.4) is 0 Å². The molecule has 5 nitrogen and oxygen atoms in total. The number of Topliss-reactive ketones (excluding diaryl/α,β-unsaturated/α-hetero) is 1. The molecule has 0 saturated heterocycles. The number of ketones is 1. The molecule has 0 saturated carbocycles. The fourth-order valence-corrected chi connectivity index (χ4v) is 3.04. The summed E-state index contributed by atoms with van der Waals surface area (Å²) in [5, 5.41) is 11.4. The molecule has 1 N–H and O–H groups in total. The van der Waals surface area contributed by atoms with Crippen LogP contribution < -0.4 is 5.32 Å². The average Bonchev–Trinajstić information content (AvgIpc) is 2.68. The lowest BCUT2D eigenvalue weighted by Gasteiger charge is -2.19. The Bertz CT molecular complexity index is 432. The molecule has 0 radical (unpaired) electrons. The minimum Gasteiger partial charge on any atom is -0.345 e. The Morgan fingerprint density at radius 3 is 2.50 bits per heavy atom. The van der Waals surface area contributed by atoms with E-state index in [4.69, 9.17) is 0 Å². The number of hydrogen-bond acceptors (Lipinski definition) is 6. The molecule has 1 atom stereocenters. The first-order valence-corrected chi connectivity index (χ1v) is 7.43. The molecule has 0 spiro atoms. The van der Waals surface area contributed by atoms with E-state index in [-0.39, 0.29) is 23.4 Å². The number of aromatic nitrogens is 2. The van der Waals surface area contributed by atoms with Crippen molar-refractivity contribution in [2.75, 3.05) is 5.75 Å². The van der Waals surface area contributed by atoms with Gasteiger partial charge in [-0.3, -0.25) is 9.59 Å². The minimum absolute atomic E-state index is 0.0184. The highest BCUT2D eigenvalue weighted by molar-refractivity contribution is 8.01. The zero-order valence-corrected chi connectivity index (χ0v) is 12.5. The van der Waals surface area contributed by atoms with Crippen molar-refractivity contribution in [3.63, 3.8) is 0 Å². The Morgan fingerprint density at radius 1 is 1.39 bits per heavy atom. The Labute approximate surface area is 115 Å². The van der Waals surface area contributed by atoms with Crippen molar-refractivity contribution >= 4 is 34.8 Å². The molecule has 1 rings (SSSR count). The van der Waals surface area contributed by atoms with E-state index >= 15 is 0 Å². The zero-order chi connectivity index (χ0) is 13.7. The van der Waals surface area contributed by atoms with Gasteiger partial charge < -0.3 is 5.32 Å². The van der Waals surface area contributed by atoms with E-state index in [1.165, 1.54) is 30.0 Å². The van der Waals surface area contributed by atoms with Crippen LogP contribution in [0.15, 0.2) is 4.34 Å². The first kappa shape index (κ1) is 15.1. The van der Waals surface area contributed by atoms with Crippen LogP contribution in [0.25, 0.3) is 0 Å². The maximum Gasteiger partial charge on any atom is 0.231 e. The Hall–Kier alpha value is -0.950. The van der Waals surface area contributed by atoms with Gasteiger partial charge in [0.1, 0.15) is 5.01 Å². The summed E-state index contributed by atoms with van der Waals surface area (Å²) in [6, 6.07) is -0.408. The number of thioether (sulfide) groups is 1. The lowest BCUT2D eigenvalue weighted by Crippen LogP contribution is -2.44. The van der Waals surface area contributed by atoms with Crippen LogP contribution in [0.4, 0.5) is 0 Å². The molecule has 0 aliphatic carbocycles. The summed E-state index contributed by atoms with van der Waals surface area (Å²) in [5.74, 6) is 0.183. The fourth-order valence-electron chi connectivity index (χ4n) is 1.42. The average molecular weight is 287 g/mol. The molecule has 1 aromatic heterocycles. The molecule has 1 unspecified atom stereocenters. The van der Waals surface area contributed by atoms with E-state index in [9.17, 15) is 9.59 Å². The van der Waals surface area contributed by atoms with Gasteiger partial charge in [0.05, 0.1) is 11.8 Å². The van der Waals surface area contributed by atoms with Crippen molar-refractivity contribution in [3.8, 4) is 0 Å². The van der Waals surface area contributed by atoms with Crippen molar-refractivity contribution in [3.05, 3.63) is 5.01 Å². The van der Waals surface area contributed by atoms with Crippen LogP contribution in [0.1, 0.15) is 25.8 Å². The van der Waals surface area contributed by atoms with Gasteiger partial charge in [0.25, 0.3) is 0 Å². The number of carbonyl (C=O) groups excluding carboxylic acids is 2. The molecule has 0 bridgehead atoms. The summed E-state index contributed by atoms with van der Waals surface area (Å²) in [6.07, 6.45) is 0. The molecule has 100 valence electrons. The van der Waals surface area contributed by atoms with Crippen molar-refractivity contribution in [1.29, 1.82) is 0 Å². The largest absolute Gasteiger partial charge is 0.345 e. The van der Waals surface area contributed by atoms with Crippen LogP contribution in [0.2, 0.25) is 0 Å². The number of carbonyl (C=O) groups is 2. The van der Waals surface area contributed by atoms with Crippen molar-refractivity contribution in [2.24, 2.45) is 5.92 Å². The van der Waals surface area contributed by atoms with Gasteiger partial charge in [0.2, 0.25) is 5.91 Å². The summed E-state index contributed by atoms with van der Waals surface area (Å²) >= 11 is 2.79. The number of nitrogens with zero attached hydrogens (tertiary/aromatic N) is 2. The molecular weight excluding hydrogens is 270 g/mol. The summed E-state index contributed by atoms with van der Waals surface area (Å²) in [5.41, 5.74) is 0. The smallest absolute Gasteiger partial charge is 0.231 e. The third kappa shape index (κ3) is 4.73. The summed E-state index contributed by atoms with van der Waals surface area (Å²) in [6.45, 7) is 7.18. The van der Waals surface area contributed by atoms with Gasteiger partial charge in [-0.1, -0.05) is 36.9 Å². The van der Waals surface area contributed by atoms with E-state index in [1.807, 2.05) is 20.8 Å². The maximum absolute atomic E-state index is 11.7. The maximum atomic E-state index is 11.7. The van der Waals surface area contributed by atoms with E-state index in [1.54, 1.807) is 0 Å². The number of nitrogens with one attached hydrogen (secondary N) is 1. The normalized spacial score (nSPS) is 12.5. The molecular formula is C11H17N3O2S2. The predicted octanol–water partition coefficient (Wildman–Crippen LogP) is 1.67. The van der Waals surface area contributed by atoms with Crippen molar-refractivity contribution in [2.45, 2.75) is 38.1 Å². The van der Waals surface area contributed by atoms with Gasteiger partial charge in [0, 0.05) is 0 Å². The lowest BCUT2D eigenvalue weighted by atomic mass is 10.0. The second-order valence-corrected chi connectivity index (χ2v) is 6.68. The standard InChI is InChI=1S/C11H17N3O2S2/c1-6(2)10(7(3)15)12-9(16)5-17-11-14-13-8(4)18-11/h6,10H,5H2,1-4H3,(H,12,16). The van der Waals surface area contributed by atoms with Gasteiger partial charge in [-0.05, 0) is 19.8 Å². The van der Waals surface area contributed by atoms with Gasteiger partial charge in [-0.25, -0.2) is 0 Å². The molecule has 0 aromatic carbocycles. The number of amides is 1. The van der Waals surface area contributed by atoms with Crippen LogP contribution in [0.5, 0.6) is 0 Å². The van der Waals surface area contributed by atoms with E-state index < -0.39 is 6.04 Å². The van der Waals surface area contributed by atoms with Gasteiger partial charge >= 0.3 is 0 Å². The molecule has 0 aliphatic rings. The molecule has 1 amide bonds. The fraction of sp³-hybridized carbons (Fsp3) is 0.636. The third-order valence-corrected chi connectivity index (χ3v) is 4.23. The molecule has 7 heteroatoms. The second-order valence-electron chi connectivity index (χ2n) is 4.28. The second kappa shape index (κ2) is 6.84. The summed E-state index contributed by atoms with van der Waals surface area (Å²) in [4.78, 5) is 23.1. The monoisotopic (exact) mass is 287 g/mol. The zero-order valence-electron chi connectivity index (χ0n) is 10.9. The third-order valence-electron chi connectivity index (χ3n) is 2.26. The first-order chi connectivity index (χ1) is 8.40. The molecule has 1 heterocycles. The Kier molecular flexibility index (Phi) is 5.74. The van der Waals surface area contributed by atoms with Gasteiger partial charge in [-0.15, -0.1) is 10.2 Å².